The normalized spacial score (nSPS) is 10.2. The Morgan fingerprint density at radius 1 is 1.00 bits per heavy atom. The van der Waals surface area contributed by atoms with Crippen LogP contribution in [0.2, 0.25) is 0 Å². The number of nitrogens with one attached hydrogen (secondary N) is 3. The molecule has 0 saturated carbocycles. The number of anilines is 1. The zero-order chi connectivity index (χ0) is 16.8. The van der Waals surface area contributed by atoms with Crippen LogP contribution in [0.1, 0.15) is 33.9 Å². The van der Waals surface area contributed by atoms with E-state index in [0.29, 0.717) is 16.1 Å². The van der Waals surface area contributed by atoms with E-state index >= 15 is 0 Å². The molecule has 2 rings (SSSR count). The molecule has 6 nitrogen and oxygen atoms in total. The number of rotatable bonds is 4. The van der Waals surface area contributed by atoms with Crippen LogP contribution >= 0.6 is 11.3 Å². The Labute approximate surface area is 137 Å². The summed E-state index contributed by atoms with van der Waals surface area (Å²) in [6, 6.07) is 10.00. The molecule has 0 radical (unpaired) electrons. The van der Waals surface area contributed by atoms with Gasteiger partial charge in [-0.15, -0.1) is 11.3 Å². The van der Waals surface area contributed by atoms with Crippen LogP contribution in [-0.2, 0) is 4.79 Å². The van der Waals surface area contributed by atoms with Crippen molar-refractivity contribution in [1.82, 2.24) is 10.9 Å². The van der Waals surface area contributed by atoms with Crippen molar-refractivity contribution in [2.45, 2.75) is 13.8 Å². The first-order valence-electron chi connectivity index (χ1n) is 7.02. The van der Waals surface area contributed by atoms with Gasteiger partial charge >= 0.3 is 0 Å². The van der Waals surface area contributed by atoms with E-state index in [1.807, 2.05) is 5.38 Å². The topological polar surface area (TPSA) is 87.3 Å². The molecule has 0 atom stereocenters. The van der Waals surface area contributed by atoms with Gasteiger partial charge in [0.25, 0.3) is 11.8 Å². The van der Waals surface area contributed by atoms with Crippen LogP contribution in [0.15, 0.2) is 41.8 Å². The zero-order valence-corrected chi connectivity index (χ0v) is 13.6. The van der Waals surface area contributed by atoms with Crippen molar-refractivity contribution in [3.63, 3.8) is 0 Å². The molecular weight excluding hydrogens is 314 g/mol. The smallest absolute Gasteiger partial charge is 0.269 e. The first kappa shape index (κ1) is 16.7. The van der Waals surface area contributed by atoms with E-state index in [9.17, 15) is 14.4 Å². The number of carbonyl (C=O) groups is 3. The van der Waals surface area contributed by atoms with E-state index in [2.05, 4.69) is 16.2 Å². The molecule has 0 unspecified atom stereocenters. The van der Waals surface area contributed by atoms with E-state index in [-0.39, 0.29) is 17.7 Å². The van der Waals surface area contributed by atoms with Crippen LogP contribution in [0.4, 0.5) is 5.69 Å². The third-order valence-corrected chi connectivity index (χ3v) is 3.82. The van der Waals surface area contributed by atoms with Crippen molar-refractivity contribution in [3.8, 4) is 0 Å². The lowest BCUT2D eigenvalue weighted by molar-refractivity contribution is -0.124. The van der Waals surface area contributed by atoms with Gasteiger partial charge in [0, 0.05) is 17.2 Å². The number of hydrazine groups is 1. The number of thiophene rings is 1. The minimum absolute atomic E-state index is 0.230. The summed E-state index contributed by atoms with van der Waals surface area (Å²) in [5.74, 6) is -1.19. The molecule has 7 heteroatoms. The minimum Gasteiger partial charge on any atom is -0.321 e. The average Bonchev–Trinajstić information content (AvgIpc) is 3.07. The van der Waals surface area contributed by atoms with Gasteiger partial charge in [0.1, 0.15) is 0 Å². The second kappa shape index (κ2) is 7.55. The third kappa shape index (κ3) is 4.65. The van der Waals surface area contributed by atoms with Gasteiger partial charge < -0.3 is 5.32 Å². The fourth-order valence-corrected chi connectivity index (χ4v) is 2.29. The number of amides is 3. The summed E-state index contributed by atoms with van der Waals surface area (Å²) in [7, 11) is 0. The van der Waals surface area contributed by atoms with Gasteiger partial charge in [-0.25, -0.2) is 0 Å². The van der Waals surface area contributed by atoms with Gasteiger partial charge in [0.05, 0.1) is 4.88 Å². The van der Waals surface area contributed by atoms with Gasteiger partial charge in [-0.1, -0.05) is 26.0 Å². The molecule has 0 spiro atoms. The predicted molar refractivity (Wildman–Crippen MR) is 89.2 cm³/mol. The van der Waals surface area contributed by atoms with Crippen LogP contribution in [0.25, 0.3) is 0 Å². The largest absolute Gasteiger partial charge is 0.321 e. The Morgan fingerprint density at radius 3 is 2.43 bits per heavy atom. The first-order chi connectivity index (χ1) is 11.0. The van der Waals surface area contributed by atoms with Crippen molar-refractivity contribution < 1.29 is 14.4 Å². The maximum Gasteiger partial charge on any atom is 0.269 e. The maximum atomic E-state index is 12.0. The van der Waals surface area contributed by atoms with Crippen LogP contribution in [0.3, 0.4) is 0 Å². The van der Waals surface area contributed by atoms with E-state index in [4.69, 9.17) is 0 Å². The quantitative estimate of drug-likeness (QED) is 0.752. The Hall–Kier alpha value is -2.67. The van der Waals surface area contributed by atoms with Crippen molar-refractivity contribution in [2.75, 3.05) is 5.32 Å². The molecule has 23 heavy (non-hydrogen) atoms. The van der Waals surface area contributed by atoms with Crippen LogP contribution < -0.4 is 16.2 Å². The van der Waals surface area contributed by atoms with Crippen molar-refractivity contribution in [3.05, 3.63) is 52.2 Å². The highest BCUT2D eigenvalue weighted by Gasteiger charge is 2.11. The maximum absolute atomic E-state index is 12.0. The van der Waals surface area contributed by atoms with Crippen LogP contribution in [0.5, 0.6) is 0 Å². The summed E-state index contributed by atoms with van der Waals surface area (Å²) >= 11 is 1.34. The molecule has 0 fully saturated rings. The number of hydrogen-bond acceptors (Lipinski definition) is 4. The molecule has 1 aromatic carbocycles. The third-order valence-electron chi connectivity index (χ3n) is 2.95. The van der Waals surface area contributed by atoms with Gasteiger partial charge in [0.2, 0.25) is 5.91 Å². The fourth-order valence-electron chi connectivity index (χ4n) is 1.67. The van der Waals surface area contributed by atoms with Crippen molar-refractivity contribution >= 4 is 34.7 Å². The highest BCUT2D eigenvalue weighted by atomic mass is 32.1. The predicted octanol–water partition coefficient (Wildman–Crippen LogP) is 2.42. The highest BCUT2D eigenvalue weighted by Crippen LogP contribution is 2.14. The summed E-state index contributed by atoms with van der Waals surface area (Å²) in [5.41, 5.74) is 5.52. The number of hydrogen-bond donors (Lipinski definition) is 3. The van der Waals surface area contributed by atoms with Crippen LogP contribution in [0, 0.1) is 5.92 Å². The molecule has 3 amide bonds. The summed E-state index contributed by atoms with van der Waals surface area (Å²) < 4.78 is 0. The van der Waals surface area contributed by atoms with E-state index in [0.717, 1.165) is 0 Å². The van der Waals surface area contributed by atoms with Gasteiger partial charge in [-0.2, -0.15) is 0 Å². The number of carbonyl (C=O) groups excluding carboxylic acids is 3. The SMILES string of the molecule is CC(C)C(=O)NNC(=O)c1cccc(NC(=O)c2cccs2)c1. The lowest BCUT2D eigenvalue weighted by atomic mass is 10.2. The lowest BCUT2D eigenvalue weighted by Crippen LogP contribution is -2.43. The molecule has 1 aromatic heterocycles. The van der Waals surface area contributed by atoms with Crippen LogP contribution in [-0.4, -0.2) is 17.7 Å². The Bertz CT molecular complexity index is 711. The fraction of sp³-hybridized carbons (Fsp3) is 0.188. The molecule has 0 aliphatic carbocycles. The minimum atomic E-state index is -0.453. The van der Waals surface area contributed by atoms with E-state index in [1.165, 1.54) is 11.3 Å². The molecule has 120 valence electrons. The first-order valence-corrected chi connectivity index (χ1v) is 7.90. The second-order valence-electron chi connectivity index (χ2n) is 5.11. The summed E-state index contributed by atoms with van der Waals surface area (Å²) in [5, 5.41) is 4.54. The van der Waals surface area contributed by atoms with Gasteiger partial charge in [-0.05, 0) is 29.6 Å². The van der Waals surface area contributed by atoms with Gasteiger partial charge in [0.15, 0.2) is 0 Å². The standard InChI is InChI=1S/C16H17N3O3S/c1-10(2)14(20)18-19-15(21)11-5-3-6-12(9-11)17-16(22)13-7-4-8-23-13/h3-10H,1-2H3,(H,17,22)(H,18,20)(H,19,21). The Balaban J connectivity index is 2.00. The number of benzene rings is 1. The molecule has 3 N–H and O–H groups in total. The molecule has 0 aliphatic heterocycles. The van der Waals surface area contributed by atoms with Crippen molar-refractivity contribution in [1.29, 1.82) is 0 Å². The molecule has 0 saturated heterocycles. The van der Waals surface area contributed by atoms with E-state index < -0.39 is 5.91 Å². The average molecular weight is 331 g/mol. The molecular formula is C16H17N3O3S. The van der Waals surface area contributed by atoms with E-state index in [1.54, 1.807) is 50.2 Å². The lowest BCUT2D eigenvalue weighted by Gasteiger charge is -2.10. The van der Waals surface area contributed by atoms with Gasteiger partial charge in [-0.3, -0.25) is 25.2 Å². The Morgan fingerprint density at radius 2 is 1.78 bits per heavy atom. The highest BCUT2D eigenvalue weighted by molar-refractivity contribution is 7.12. The van der Waals surface area contributed by atoms with Crippen molar-refractivity contribution in [2.24, 2.45) is 5.92 Å². The summed E-state index contributed by atoms with van der Waals surface area (Å²) in [6.07, 6.45) is 0. The molecule has 0 bridgehead atoms. The molecule has 0 aliphatic rings. The zero-order valence-electron chi connectivity index (χ0n) is 12.8. The summed E-state index contributed by atoms with van der Waals surface area (Å²) in [6.45, 7) is 3.45. The molecule has 1 heterocycles. The second-order valence-corrected chi connectivity index (χ2v) is 6.06. The summed E-state index contributed by atoms with van der Waals surface area (Å²) in [4.78, 5) is 36.0. The molecule has 2 aromatic rings. The monoisotopic (exact) mass is 331 g/mol. The Kier molecular flexibility index (Phi) is 5.48.